The maximum atomic E-state index is 11.6. The molecule has 0 aliphatic carbocycles. The van der Waals surface area contributed by atoms with Crippen LogP contribution in [-0.2, 0) is 16.0 Å². The van der Waals surface area contributed by atoms with Crippen molar-refractivity contribution in [3.63, 3.8) is 0 Å². The molecule has 0 radical (unpaired) electrons. The van der Waals surface area contributed by atoms with Crippen molar-refractivity contribution in [1.29, 1.82) is 0 Å². The van der Waals surface area contributed by atoms with E-state index in [0.717, 1.165) is 10.5 Å². The van der Waals surface area contributed by atoms with E-state index in [0.29, 0.717) is 11.5 Å². The quantitative estimate of drug-likeness (QED) is 0.802. The van der Waals surface area contributed by atoms with Gasteiger partial charge < -0.3 is 14.5 Å². The molecule has 1 rings (SSSR count). The lowest BCUT2D eigenvalue weighted by Crippen LogP contribution is -2.33. The number of carboxylic acids is 1. The van der Waals surface area contributed by atoms with Crippen molar-refractivity contribution in [3.05, 3.63) is 17.0 Å². The topological polar surface area (TPSA) is 83.6 Å². The van der Waals surface area contributed by atoms with Crippen molar-refractivity contribution in [2.75, 3.05) is 13.6 Å². The lowest BCUT2D eigenvalue weighted by molar-refractivity contribution is -0.143. The number of rotatable bonds is 4. The summed E-state index contributed by atoms with van der Waals surface area (Å²) in [7, 11) is 1.45. The van der Waals surface area contributed by atoms with Crippen LogP contribution in [0.5, 0.6) is 0 Å². The molecule has 0 atom stereocenters. The number of amides is 1. The van der Waals surface area contributed by atoms with E-state index in [1.165, 1.54) is 7.05 Å². The summed E-state index contributed by atoms with van der Waals surface area (Å²) in [5.41, 5.74) is 1.39. The molecule has 0 aliphatic rings. The predicted molar refractivity (Wildman–Crippen MR) is 55.0 cm³/mol. The van der Waals surface area contributed by atoms with E-state index in [2.05, 4.69) is 5.16 Å². The molecule has 0 saturated heterocycles. The normalized spacial score (nSPS) is 10.2. The second-order valence-corrected chi connectivity index (χ2v) is 3.62. The predicted octanol–water partition coefficient (Wildman–Crippen LogP) is 0.377. The molecule has 0 aromatic carbocycles. The standard InChI is InChI=1S/C10H14N2O4/c1-6-8(7(2)16-11-6)4-9(13)12(3)5-10(14)15/h4-5H2,1-3H3,(H,14,15). The van der Waals surface area contributed by atoms with Gasteiger partial charge in [-0.25, -0.2) is 0 Å². The molecule has 1 aromatic heterocycles. The number of aromatic nitrogens is 1. The number of hydrogen-bond acceptors (Lipinski definition) is 4. The van der Waals surface area contributed by atoms with Crippen molar-refractivity contribution >= 4 is 11.9 Å². The Bertz CT molecular complexity index is 391. The highest BCUT2D eigenvalue weighted by molar-refractivity contribution is 5.83. The Hall–Kier alpha value is -1.85. The van der Waals surface area contributed by atoms with E-state index in [9.17, 15) is 9.59 Å². The highest BCUT2D eigenvalue weighted by Gasteiger charge is 2.17. The van der Waals surface area contributed by atoms with E-state index >= 15 is 0 Å². The Labute approximate surface area is 92.8 Å². The van der Waals surface area contributed by atoms with Crippen molar-refractivity contribution in [1.82, 2.24) is 10.1 Å². The largest absolute Gasteiger partial charge is 0.480 e. The first-order valence-electron chi connectivity index (χ1n) is 4.79. The third-order valence-electron chi connectivity index (χ3n) is 2.31. The number of carbonyl (C=O) groups excluding carboxylic acids is 1. The van der Waals surface area contributed by atoms with Gasteiger partial charge in [-0.15, -0.1) is 0 Å². The SMILES string of the molecule is Cc1noc(C)c1CC(=O)N(C)CC(=O)O. The fraction of sp³-hybridized carbons (Fsp3) is 0.500. The molecule has 0 aliphatic heterocycles. The van der Waals surface area contributed by atoms with Crippen LogP contribution >= 0.6 is 0 Å². The number of hydrogen-bond donors (Lipinski definition) is 1. The second kappa shape index (κ2) is 4.78. The summed E-state index contributed by atoms with van der Waals surface area (Å²) in [5, 5.41) is 12.3. The Morgan fingerprint density at radius 1 is 1.44 bits per heavy atom. The second-order valence-electron chi connectivity index (χ2n) is 3.62. The lowest BCUT2D eigenvalue weighted by atomic mass is 10.1. The molecule has 0 spiro atoms. The Balaban J connectivity index is 2.68. The van der Waals surface area contributed by atoms with Gasteiger partial charge in [0.15, 0.2) is 0 Å². The average molecular weight is 226 g/mol. The van der Waals surface area contributed by atoms with Crippen molar-refractivity contribution in [2.45, 2.75) is 20.3 Å². The van der Waals surface area contributed by atoms with Gasteiger partial charge in [0.25, 0.3) is 0 Å². The minimum atomic E-state index is -1.03. The molecule has 0 saturated carbocycles. The van der Waals surface area contributed by atoms with Crippen LogP contribution in [0.25, 0.3) is 0 Å². The third-order valence-corrected chi connectivity index (χ3v) is 2.31. The molecule has 88 valence electrons. The summed E-state index contributed by atoms with van der Waals surface area (Å²) in [5.74, 6) is -0.707. The third kappa shape index (κ3) is 2.82. The van der Waals surface area contributed by atoms with E-state index in [4.69, 9.17) is 9.63 Å². The van der Waals surface area contributed by atoms with Gasteiger partial charge in [0.05, 0.1) is 12.1 Å². The minimum absolute atomic E-state index is 0.116. The zero-order chi connectivity index (χ0) is 12.3. The first kappa shape index (κ1) is 12.2. The smallest absolute Gasteiger partial charge is 0.323 e. The summed E-state index contributed by atoms with van der Waals surface area (Å²) in [6.07, 6.45) is 0.116. The van der Waals surface area contributed by atoms with Crippen LogP contribution in [0.1, 0.15) is 17.0 Å². The van der Waals surface area contributed by atoms with Crippen LogP contribution in [0.4, 0.5) is 0 Å². The molecule has 16 heavy (non-hydrogen) atoms. The molecular weight excluding hydrogens is 212 g/mol. The Kier molecular flexibility index (Phi) is 3.65. The highest BCUT2D eigenvalue weighted by Crippen LogP contribution is 2.13. The van der Waals surface area contributed by atoms with Crippen LogP contribution in [0, 0.1) is 13.8 Å². The lowest BCUT2D eigenvalue weighted by Gasteiger charge is -2.13. The summed E-state index contributed by atoms with van der Waals surface area (Å²) in [6.45, 7) is 3.17. The van der Waals surface area contributed by atoms with Gasteiger partial charge in [-0.1, -0.05) is 5.16 Å². The molecule has 6 nitrogen and oxygen atoms in total. The summed E-state index contributed by atoms with van der Waals surface area (Å²) in [6, 6.07) is 0. The molecular formula is C10H14N2O4. The fourth-order valence-corrected chi connectivity index (χ4v) is 1.33. The number of likely N-dealkylation sites (N-methyl/N-ethyl adjacent to an activating group) is 1. The van der Waals surface area contributed by atoms with Crippen LogP contribution in [0.2, 0.25) is 0 Å². The van der Waals surface area contributed by atoms with Gasteiger partial charge in [0.2, 0.25) is 5.91 Å². The molecule has 1 amide bonds. The van der Waals surface area contributed by atoms with Gasteiger partial charge in [0, 0.05) is 12.6 Å². The molecule has 0 unspecified atom stereocenters. The zero-order valence-electron chi connectivity index (χ0n) is 9.48. The number of aryl methyl sites for hydroxylation is 2. The minimum Gasteiger partial charge on any atom is -0.480 e. The van der Waals surface area contributed by atoms with Gasteiger partial charge in [0.1, 0.15) is 12.3 Å². The summed E-state index contributed by atoms with van der Waals surface area (Å²) in [4.78, 5) is 23.2. The van der Waals surface area contributed by atoms with Crippen LogP contribution in [0.3, 0.4) is 0 Å². The monoisotopic (exact) mass is 226 g/mol. The molecule has 0 fully saturated rings. The molecule has 1 aromatic rings. The van der Waals surface area contributed by atoms with Gasteiger partial charge >= 0.3 is 5.97 Å². The van der Waals surface area contributed by atoms with Gasteiger partial charge in [-0.2, -0.15) is 0 Å². The van der Waals surface area contributed by atoms with Crippen molar-refractivity contribution in [3.8, 4) is 0 Å². The van der Waals surface area contributed by atoms with Crippen molar-refractivity contribution in [2.24, 2.45) is 0 Å². The number of carbonyl (C=O) groups is 2. The van der Waals surface area contributed by atoms with Gasteiger partial charge in [-0.3, -0.25) is 9.59 Å². The fourth-order valence-electron chi connectivity index (χ4n) is 1.33. The molecule has 1 N–H and O–H groups in total. The average Bonchev–Trinajstić information content (AvgIpc) is 2.48. The van der Waals surface area contributed by atoms with Crippen molar-refractivity contribution < 1.29 is 19.2 Å². The van der Waals surface area contributed by atoms with Crippen LogP contribution in [-0.4, -0.2) is 40.6 Å². The van der Waals surface area contributed by atoms with E-state index < -0.39 is 5.97 Å². The van der Waals surface area contributed by atoms with Crippen LogP contribution in [0.15, 0.2) is 4.52 Å². The van der Waals surface area contributed by atoms with E-state index in [1.54, 1.807) is 13.8 Å². The highest BCUT2D eigenvalue weighted by atomic mass is 16.5. The summed E-state index contributed by atoms with van der Waals surface area (Å²) >= 11 is 0. The Morgan fingerprint density at radius 3 is 2.50 bits per heavy atom. The molecule has 0 bridgehead atoms. The zero-order valence-corrected chi connectivity index (χ0v) is 9.48. The first-order valence-corrected chi connectivity index (χ1v) is 4.79. The van der Waals surface area contributed by atoms with E-state index in [-0.39, 0.29) is 18.9 Å². The van der Waals surface area contributed by atoms with Crippen LogP contribution < -0.4 is 0 Å². The first-order chi connectivity index (χ1) is 7.41. The number of aliphatic carboxylic acids is 1. The van der Waals surface area contributed by atoms with E-state index in [1.807, 2.05) is 0 Å². The van der Waals surface area contributed by atoms with Gasteiger partial charge in [-0.05, 0) is 13.8 Å². The number of nitrogens with zero attached hydrogens (tertiary/aromatic N) is 2. The maximum Gasteiger partial charge on any atom is 0.323 e. The molecule has 6 heteroatoms. The Morgan fingerprint density at radius 2 is 2.06 bits per heavy atom. The maximum absolute atomic E-state index is 11.6. The number of carboxylic acid groups (broad SMARTS) is 1. The molecule has 1 heterocycles. The summed E-state index contributed by atoms with van der Waals surface area (Å²) < 4.78 is 4.92.